The quantitative estimate of drug-likeness (QED) is 0.742. The number of fused-ring (bicyclic) bond motifs is 1. The summed E-state index contributed by atoms with van der Waals surface area (Å²) in [5, 5.41) is 3.93. The Hall–Kier alpha value is -2.27. The largest absolute Gasteiger partial charge is 0.355 e. The van der Waals surface area contributed by atoms with Gasteiger partial charge in [-0.15, -0.1) is 0 Å². The lowest BCUT2D eigenvalue weighted by molar-refractivity contribution is -0.120. The summed E-state index contributed by atoms with van der Waals surface area (Å²) in [6.07, 6.45) is 4.01. The Morgan fingerprint density at radius 2 is 1.88 bits per heavy atom. The van der Waals surface area contributed by atoms with Crippen LogP contribution in [0.25, 0.3) is 11.0 Å². The van der Waals surface area contributed by atoms with Crippen molar-refractivity contribution in [1.82, 2.24) is 14.9 Å². The molecule has 1 aromatic heterocycles. The van der Waals surface area contributed by atoms with E-state index in [-0.39, 0.29) is 11.2 Å². The number of hydrogen-bond acceptors (Lipinski definition) is 3. The zero-order valence-corrected chi connectivity index (χ0v) is 15.5. The Bertz CT molecular complexity index is 891. The molecule has 2 aromatic carbocycles. The number of hydrogen-bond donors (Lipinski definition) is 1. The van der Waals surface area contributed by atoms with Crippen LogP contribution in [0.1, 0.15) is 24.8 Å². The van der Waals surface area contributed by atoms with Gasteiger partial charge in [-0.05, 0) is 37.0 Å². The van der Waals surface area contributed by atoms with Crippen LogP contribution >= 0.6 is 11.8 Å². The van der Waals surface area contributed by atoms with Gasteiger partial charge in [0, 0.05) is 13.1 Å². The molecule has 0 radical (unpaired) electrons. The minimum absolute atomic E-state index is 0.0511. The zero-order valence-electron chi connectivity index (χ0n) is 14.7. The molecule has 26 heavy (non-hydrogen) atoms. The van der Waals surface area contributed by atoms with Gasteiger partial charge in [-0.25, -0.2) is 4.98 Å². The number of aryl methyl sites for hydroxylation is 2. The molecular formula is C21H23N3OS. The van der Waals surface area contributed by atoms with Crippen LogP contribution in [0.15, 0.2) is 59.8 Å². The molecule has 4 nitrogen and oxygen atoms in total. The molecule has 1 aliphatic heterocycles. The molecule has 1 amide bonds. The van der Waals surface area contributed by atoms with Gasteiger partial charge in [0.25, 0.3) is 0 Å². The highest BCUT2D eigenvalue weighted by atomic mass is 32.2. The van der Waals surface area contributed by atoms with E-state index in [4.69, 9.17) is 4.98 Å². The summed E-state index contributed by atoms with van der Waals surface area (Å²) >= 11 is 1.61. The van der Waals surface area contributed by atoms with Crippen molar-refractivity contribution in [3.05, 3.63) is 60.2 Å². The predicted molar refractivity (Wildman–Crippen MR) is 106 cm³/mol. The van der Waals surface area contributed by atoms with Gasteiger partial charge in [0.1, 0.15) is 0 Å². The van der Waals surface area contributed by atoms with Gasteiger partial charge in [-0.3, -0.25) is 4.79 Å². The normalized spacial score (nSPS) is 17.8. The maximum Gasteiger partial charge on any atom is 0.233 e. The number of rotatable bonds is 5. The topological polar surface area (TPSA) is 46.9 Å². The molecule has 1 saturated heterocycles. The van der Waals surface area contributed by atoms with E-state index in [2.05, 4.69) is 46.3 Å². The van der Waals surface area contributed by atoms with Crippen molar-refractivity contribution in [1.29, 1.82) is 0 Å². The highest BCUT2D eigenvalue weighted by Gasteiger charge is 2.24. The van der Waals surface area contributed by atoms with Crippen LogP contribution in [0.4, 0.5) is 0 Å². The second-order valence-electron chi connectivity index (χ2n) is 6.66. The highest BCUT2D eigenvalue weighted by molar-refractivity contribution is 8.00. The van der Waals surface area contributed by atoms with Crippen molar-refractivity contribution < 1.29 is 4.79 Å². The van der Waals surface area contributed by atoms with Crippen LogP contribution in [-0.4, -0.2) is 27.3 Å². The average Bonchev–Trinajstić information content (AvgIpc) is 2.89. The lowest BCUT2D eigenvalue weighted by Crippen LogP contribution is -2.30. The summed E-state index contributed by atoms with van der Waals surface area (Å²) in [5.74, 6) is 0.147. The third-order valence-corrected chi connectivity index (χ3v) is 6.08. The molecule has 1 aliphatic rings. The number of imidazole rings is 1. The van der Waals surface area contributed by atoms with E-state index in [9.17, 15) is 4.79 Å². The lowest BCUT2D eigenvalue weighted by atomic mass is 10.1. The van der Waals surface area contributed by atoms with Crippen LogP contribution in [0.5, 0.6) is 0 Å². The Kier molecular flexibility index (Phi) is 5.25. The molecule has 0 spiro atoms. The van der Waals surface area contributed by atoms with Gasteiger partial charge < -0.3 is 9.88 Å². The van der Waals surface area contributed by atoms with Gasteiger partial charge in [0.15, 0.2) is 5.16 Å². The van der Waals surface area contributed by atoms with Crippen LogP contribution < -0.4 is 5.32 Å². The minimum Gasteiger partial charge on any atom is -0.355 e. The lowest BCUT2D eigenvalue weighted by Gasteiger charge is -2.14. The Morgan fingerprint density at radius 1 is 1.08 bits per heavy atom. The fraction of sp³-hybridized carbons (Fsp3) is 0.333. The Morgan fingerprint density at radius 3 is 2.77 bits per heavy atom. The molecule has 1 unspecified atom stereocenters. The number of amides is 1. The van der Waals surface area contributed by atoms with E-state index >= 15 is 0 Å². The molecule has 134 valence electrons. The first-order chi connectivity index (χ1) is 12.8. The maximum atomic E-state index is 12.4. The van der Waals surface area contributed by atoms with E-state index in [0.717, 1.165) is 55.0 Å². The summed E-state index contributed by atoms with van der Waals surface area (Å²) in [5.41, 5.74) is 3.45. The first-order valence-electron chi connectivity index (χ1n) is 9.25. The van der Waals surface area contributed by atoms with Gasteiger partial charge in [-0.1, -0.05) is 60.6 Å². The van der Waals surface area contributed by atoms with Gasteiger partial charge in [-0.2, -0.15) is 0 Å². The van der Waals surface area contributed by atoms with Crippen molar-refractivity contribution in [3.63, 3.8) is 0 Å². The molecule has 0 aliphatic carbocycles. The molecule has 3 aromatic rings. The number of para-hydroxylation sites is 2. The number of aromatic nitrogens is 2. The predicted octanol–water partition coefficient (Wildman–Crippen LogP) is 4.04. The van der Waals surface area contributed by atoms with Crippen molar-refractivity contribution in [2.24, 2.45) is 0 Å². The van der Waals surface area contributed by atoms with Crippen molar-refractivity contribution in [3.8, 4) is 0 Å². The SMILES string of the molecule is O=C1NCCCCC1Sc1nc2ccccc2n1CCc1ccccc1. The number of benzene rings is 2. The van der Waals surface area contributed by atoms with Crippen LogP contribution in [0, 0.1) is 0 Å². The van der Waals surface area contributed by atoms with Gasteiger partial charge in [0.2, 0.25) is 5.91 Å². The molecular weight excluding hydrogens is 342 g/mol. The van der Waals surface area contributed by atoms with E-state index < -0.39 is 0 Å². The Balaban J connectivity index is 1.61. The summed E-state index contributed by atoms with van der Waals surface area (Å²) in [7, 11) is 0. The number of nitrogens with zero attached hydrogens (tertiary/aromatic N) is 2. The van der Waals surface area contributed by atoms with E-state index in [1.165, 1.54) is 5.56 Å². The van der Waals surface area contributed by atoms with E-state index in [1.807, 2.05) is 18.2 Å². The molecule has 1 atom stereocenters. The maximum absolute atomic E-state index is 12.4. The minimum atomic E-state index is -0.0511. The van der Waals surface area contributed by atoms with Crippen LogP contribution in [0.2, 0.25) is 0 Å². The summed E-state index contributed by atoms with van der Waals surface area (Å²) in [4.78, 5) is 17.2. The molecule has 1 N–H and O–H groups in total. The molecule has 5 heteroatoms. The average molecular weight is 366 g/mol. The molecule has 1 fully saturated rings. The second-order valence-corrected chi connectivity index (χ2v) is 7.83. The zero-order chi connectivity index (χ0) is 17.8. The number of nitrogens with one attached hydrogen (secondary N) is 1. The first kappa shape index (κ1) is 17.2. The summed E-state index contributed by atoms with van der Waals surface area (Å²) in [6.45, 7) is 1.65. The first-order valence-corrected chi connectivity index (χ1v) is 10.1. The third kappa shape index (κ3) is 3.78. The molecule has 4 rings (SSSR count). The van der Waals surface area contributed by atoms with Crippen molar-refractivity contribution in [2.75, 3.05) is 6.54 Å². The standard InChI is InChI=1S/C21H23N3OS/c25-20-19(12-6-7-14-22-20)26-21-23-17-10-4-5-11-18(17)24(21)15-13-16-8-2-1-3-9-16/h1-5,8-11,19H,6-7,12-15H2,(H,22,25). The van der Waals surface area contributed by atoms with Crippen LogP contribution in [-0.2, 0) is 17.8 Å². The smallest absolute Gasteiger partial charge is 0.233 e. The number of carbonyl (C=O) groups is 1. The molecule has 0 bridgehead atoms. The number of thioether (sulfide) groups is 1. The van der Waals surface area contributed by atoms with E-state index in [0.29, 0.717) is 0 Å². The highest BCUT2D eigenvalue weighted by Crippen LogP contribution is 2.30. The number of carbonyl (C=O) groups excluding carboxylic acids is 1. The van der Waals surface area contributed by atoms with Crippen molar-refractivity contribution >= 4 is 28.7 Å². The summed E-state index contributed by atoms with van der Waals surface area (Å²) in [6, 6.07) is 18.7. The van der Waals surface area contributed by atoms with Gasteiger partial charge in [0.05, 0.1) is 16.3 Å². The van der Waals surface area contributed by atoms with Crippen molar-refractivity contribution in [2.45, 2.75) is 42.6 Å². The summed E-state index contributed by atoms with van der Waals surface area (Å²) < 4.78 is 2.27. The van der Waals surface area contributed by atoms with E-state index in [1.54, 1.807) is 11.8 Å². The van der Waals surface area contributed by atoms with Gasteiger partial charge >= 0.3 is 0 Å². The van der Waals surface area contributed by atoms with Crippen LogP contribution in [0.3, 0.4) is 0 Å². The Labute approximate surface area is 158 Å². The second kappa shape index (κ2) is 7.96. The monoisotopic (exact) mass is 365 g/mol. The third-order valence-electron chi connectivity index (χ3n) is 4.82. The fourth-order valence-electron chi connectivity index (χ4n) is 3.40. The molecule has 2 heterocycles. The fourth-order valence-corrected chi connectivity index (χ4v) is 4.59. The molecule has 0 saturated carbocycles.